The minimum absolute atomic E-state index is 0.0180. The van der Waals surface area contributed by atoms with Gasteiger partial charge < -0.3 is 19.9 Å². The summed E-state index contributed by atoms with van der Waals surface area (Å²) in [5, 5.41) is 11.1. The molecule has 1 amide bonds. The Morgan fingerprint density at radius 1 is 1.50 bits per heavy atom. The van der Waals surface area contributed by atoms with E-state index in [9.17, 15) is 14.0 Å². The Morgan fingerprint density at radius 3 is 2.75 bits per heavy atom. The van der Waals surface area contributed by atoms with Gasteiger partial charge in [0.1, 0.15) is 11.6 Å². The van der Waals surface area contributed by atoms with Crippen LogP contribution in [0.1, 0.15) is 0 Å². The van der Waals surface area contributed by atoms with Gasteiger partial charge in [-0.2, -0.15) is 0 Å². The quantitative estimate of drug-likeness (QED) is 0.748. The van der Waals surface area contributed by atoms with Crippen molar-refractivity contribution in [1.29, 1.82) is 0 Å². The molecule has 0 radical (unpaired) electrons. The van der Waals surface area contributed by atoms with Crippen molar-refractivity contribution in [2.45, 2.75) is 6.04 Å². The highest BCUT2D eigenvalue weighted by atomic mass is 35.5. The van der Waals surface area contributed by atoms with E-state index in [1.54, 1.807) is 0 Å². The maximum Gasteiger partial charge on any atom is 0.330 e. The third kappa shape index (κ3) is 4.67. The molecule has 0 fully saturated rings. The van der Waals surface area contributed by atoms with Gasteiger partial charge in [0.25, 0.3) is 5.91 Å². The first-order valence-corrected chi connectivity index (χ1v) is 5.91. The molecule has 110 valence electrons. The zero-order valence-electron chi connectivity index (χ0n) is 10.6. The molecule has 0 aliphatic carbocycles. The van der Waals surface area contributed by atoms with Crippen LogP contribution < -0.4 is 10.1 Å². The first-order chi connectivity index (χ1) is 9.47. The number of methoxy groups -OCH3 is 1. The number of hydrogen-bond donors (Lipinski definition) is 2. The second-order valence-corrected chi connectivity index (χ2v) is 4.10. The summed E-state index contributed by atoms with van der Waals surface area (Å²) < 4.78 is 22.2. The van der Waals surface area contributed by atoms with Crippen molar-refractivity contribution in [3.05, 3.63) is 29.0 Å². The summed E-state index contributed by atoms with van der Waals surface area (Å²) in [7, 11) is 1.13. The molecule has 1 aromatic carbocycles. The van der Waals surface area contributed by atoms with Crippen molar-refractivity contribution in [3.63, 3.8) is 0 Å². The largest absolute Gasteiger partial charge is 0.482 e. The number of carbonyl (C=O) groups excluding carboxylic acids is 2. The van der Waals surface area contributed by atoms with Crippen LogP contribution in [0.15, 0.2) is 18.2 Å². The zero-order valence-corrected chi connectivity index (χ0v) is 11.3. The summed E-state index contributed by atoms with van der Waals surface area (Å²) in [5.74, 6) is -1.84. The highest BCUT2D eigenvalue weighted by Gasteiger charge is 2.20. The van der Waals surface area contributed by atoms with Crippen molar-refractivity contribution < 1.29 is 28.6 Å². The molecule has 0 spiro atoms. The molecule has 0 bridgehead atoms. The topological polar surface area (TPSA) is 84.9 Å². The third-order valence-electron chi connectivity index (χ3n) is 2.26. The van der Waals surface area contributed by atoms with Crippen molar-refractivity contribution in [2.24, 2.45) is 0 Å². The minimum Gasteiger partial charge on any atom is -0.482 e. The Balaban J connectivity index is 2.52. The number of carbonyl (C=O) groups is 2. The van der Waals surface area contributed by atoms with E-state index < -0.39 is 36.9 Å². The standard InChI is InChI=1S/C12H13ClFNO5/c1-19-12(18)9(5-16)15-11(17)6-20-10-3-2-7(14)4-8(10)13/h2-4,9,16H,5-6H2,1H3,(H,15,17)/t9-/m0/s1. The lowest BCUT2D eigenvalue weighted by atomic mass is 10.3. The summed E-state index contributed by atoms with van der Waals surface area (Å²) in [5.41, 5.74) is 0. The zero-order chi connectivity index (χ0) is 15.1. The number of esters is 1. The maximum atomic E-state index is 12.8. The summed E-state index contributed by atoms with van der Waals surface area (Å²) in [4.78, 5) is 22.7. The summed E-state index contributed by atoms with van der Waals surface area (Å²) in [6.07, 6.45) is 0. The number of benzene rings is 1. The third-order valence-corrected chi connectivity index (χ3v) is 2.55. The van der Waals surface area contributed by atoms with E-state index >= 15 is 0 Å². The van der Waals surface area contributed by atoms with Gasteiger partial charge in [0.05, 0.1) is 18.7 Å². The highest BCUT2D eigenvalue weighted by molar-refractivity contribution is 6.32. The molecular formula is C12H13ClFNO5. The molecule has 0 unspecified atom stereocenters. The number of hydrogen-bond acceptors (Lipinski definition) is 5. The van der Waals surface area contributed by atoms with Crippen LogP contribution in [0.25, 0.3) is 0 Å². The minimum atomic E-state index is -1.17. The monoisotopic (exact) mass is 305 g/mol. The number of halogens is 2. The van der Waals surface area contributed by atoms with Crippen molar-refractivity contribution in [1.82, 2.24) is 5.32 Å². The van der Waals surface area contributed by atoms with E-state index in [1.807, 2.05) is 0 Å². The lowest BCUT2D eigenvalue weighted by molar-refractivity contribution is -0.146. The number of amides is 1. The van der Waals surface area contributed by atoms with Crippen LogP contribution in [-0.4, -0.2) is 43.3 Å². The molecule has 0 saturated heterocycles. The lowest BCUT2D eigenvalue weighted by Crippen LogP contribution is -2.45. The molecule has 0 aromatic heterocycles. The first-order valence-electron chi connectivity index (χ1n) is 5.53. The van der Waals surface area contributed by atoms with Gasteiger partial charge in [0.15, 0.2) is 12.6 Å². The SMILES string of the molecule is COC(=O)[C@H](CO)NC(=O)COc1ccc(F)cc1Cl. The van der Waals surface area contributed by atoms with Gasteiger partial charge in [0, 0.05) is 0 Å². The fourth-order valence-electron chi connectivity index (χ4n) is 1.29. The van der Waals surface area contributed by atoms with Crippen LogP contribution in [-0.2, 0) is 14.3 Å². The van der Waals surface area contributed by atoms with Crippen LogP contribution in [0.4, 0.5) is 4.39 Å². The van der Waals surface area contributed by atoms with Gasteiger partial charge in [0.2, 0.25) is 0 Å². The second kappa shape index (κ2) is 7.66. The van der Waals surface area contributed by atoms with Crippen LogP contribution >= 0.6 is 11.6 Å². The normalized spacial score (nSPS) is 11.6. The summed E-state index contributed by atoms with van der Waals surface area (Å²) in [6.45, 7) is -1.05. The predicted octanol–water partition coefficient (Wildman–Crippen LogP) is 0.508. The second-order valence-electron chi connectivity index (χ2n) is 3.69. The van der Waals surface area contributed by atoms with Gasteiger partial charge in [-0.1, -0.05) is 11.6 Å². The molecule has 20 heavy (non-hydrogen) atoms. The van der Waals surface area contributed by atoms with E-state index in [0.29, 0.717) is 0 Å². The fraction of sp³-hybridized carbons (Fsp3) is 0.333. The average molecular weight is 306 g/mol. The molecule has 8 heteroatoms. The summed E-state index contributed by atoms with van der Waals surface area (Å²) >= 11 is 5.71. The molecule has 0 heterocycles. The van der Waals surface area contributed by atoms with E-state index in [-0.39, 0.29) is 10.8 Å². The highest BCUT2D eigenvalue weighted by Crippen LogP contribution is 2.24. The fourth-order valence-corrected chi connectivity index (χ4v) is 1.51. The number of ether oxygens (including phenoxy) is 2. The average Bonchev–Trinajstić information content (AvgIpc) is 2.43. The lowest BCUT2D eigenvalue weighted by Gasteiger charge is -2.14. The molecule has 0 aliphatic heterocycles. The van der Waals surface area contributed by atoms with Gasteiger partial charge in [-0.05, 0) is 18.2 Å². The van der Waals surface area contributed by atoms with Gasteiger partial charge in [-0.3, -0.25) is 4.79 Å². The molecule has 0 aliphatic rings. The first kappa shape index (κ1) is 16.2. The smallest absolute Gasteiger partial charge is 0.330 e. The maximum absolute atomic E-state index is 12.8. The van der Waals surface area contributed by atoms with Gasteiger partial charge >= 0.3 is 5.97 Å². The van der Waals surface area contributed by atoms with Crippen LogP contribution in [0.3, 0.4) is 0 Å². The van der Waals surface area contributed by atoms with Crippen LogP contribution in [0.2, 0.25) is 5.02 Å². The number of aliphatic hydroxyl groups excluding tert-OH is 1. The van der Waals surface area contributed by atoms with Crippen LogP contribution in [0.5, 0.6) is 5.75 Å². The Kier molecular flexibility index (Phi) is 6.20. The Hall–Kier alpha value is -1.86. The van der Waals surface area contributed by atoms with Gasteiger partial charge in [-0.25, -0.2) is 9.18 Å². The van der Waals surface area contributed by atoms with Crippen LogP contribution in [0, 0.1) is 5.82 Å². The molecule has 0 saturated carbocycles. The van der Waals surface area contributed by atoms with E-state index in [0.717, 1.165) is 19.2 Å². The Bertz CT molecular complexity index is 497. The van der Waals surface area contributed by atoms with E-state index in [4.69, 9.17) is 21.4 Å². The van der Waals surface area contributed by atoms with Crippen molar-refractivity contribution >= 4 is 23.5 Å². The van der Waals surface area contributed by atoms with E-state index in [2.05, 4.69) is 10.1 Å². The van der Waals surface area contributed by atoms with Gasteiger partial charge in [-0.15, -0.1) is 0 Å². The molecular weight excluding hydrogens is 293 g/mol. The number of aliphatic hydroxyl groups is 1. The predicted molar refractivity (Wildman–Crippen MR) is 67.9 cm³/mol. The number of nitrogens with one attached hydrogen (secondary N) is 1. The van der Waals surface area contributed by atoms with E-state index in [1.165, 1.54) is 6.07 Å². The summed E-state index contributed by atoms with van der Waals surface area (Å²) in [6, 6.07) is 2.28. The Labute approximate surface area is 119 Å². The molecule has 6 nitrogen and oxygen atoms in total. The molecule has 1 atom stereocenters. The Morgan fingerprint density at radius 2 is 2.20 bits per heavy atom. The molecule has 1 rings (SSSR count). The molecule has 1 aromatic rings. The van der Waals surface area contributed by atoms with Crippen molar-refractivity contribution in [3.8, 4) is 5.75 Å². The van der Waals surface area contributed by atoms with Crippen molar-refractivity contribution in [2.75, 3.05) is 20.3 Å². The number of rotatable bonds is 6. The molecule has 2 N–H and O–H groups in total.